The fourth-order valence-corrected chi connectivity index (χ4v) is 10.0. The van der Waals surface area contributed by atoms with Crippen LogP contribution in [0.2, 0.25) is 0 Å². The third-order valence-corrected chi connectivity index (χ3v) is 13.1. The van der Waals surface area contributed by atoms with Crippen molar-refractivity contribution in [2.45, 2.75) is 134 Å². The number of benzene rings is 2. The van der Waals surface area contributed by atoms with Crippen LogP contribution in [0.5, 0.6) is 0 Å². The van der Waals surface area contributed by atoms with Crippen LogP contribution in [0.3, 0.4) is 0 Å². The van der Waals surface area contributed by atoms with Crippen LogP contribution in [-0.4, -0.2) is 61.5 Å². The van der Waals surface area contributed by atoms with E-state index in [2.05, 4.69) is 109 Å². The molecule has 10 rings (SSSR count). The van der Waals surface area contributed by atoms with Crippen molar-refractivity contribution in [1.82, 2.24) is 49.5 Å². The van der Waals surface area contributed by atoms with Gasteiger partial charge in [0, 0.05) is 12.1 Å². The van der Waals surface area contributed by atoms with Gasteiger partial charge < -0.3 is 20.4 Å². The van der Waals surface area contributed by atoms with Crippen molar-refractivity contribution in [1.29, 1.82) is 0 Å². The average molecular weight is 791 g/mol. The van der Waals surface area contributed by atoms with E-state index in [1.165, 1.54) is 42.4 Å². The van der Waals surface area contributed by atoms with E-state index in [0.717, 1.165) is 86.0 Å². The van der Waals surface area contributed by atoms with Crippen LogP contribution >= 0.6 is 0 Å². The lowest BCUT2D eigenvalue weighted by Crippen LogP contribution is -2.43. The van der Waals surface area contributed by atoms with E-state index in [1.807, 2.05) is 31.1 Å². The SMILES string of the molecule is Cc1ccc(C(C)Nc2ncc3c(n2)N(C2CCCC2)C(CCCCC2c4nncn4-c4cnc(NC(C)c5ccccc5)nc4N2C2CCCC2)c2nncn2-3)cc1. The highest BCUT2D eigenvalue weighted by Crippen LogP contribution is 2.46. The second-order valence-electron chi connectivity index (χ2n) is 17.0. The predicted molar refractivity (Wildman–Crippen MR) is 229 cm³/mol. The third-order valence-electron chi connectivity index (χ3n) is 13.1. The number of anilines is 4. The molecule has 2 aliphatic carbocycles. The fraction of sp³-hybridized carbons (Fsp3) is 0.467. The van der Waals surface area contributed by atoms with Gasteiger partial charge in [-0.15, -0.1) is 20.4 Å². The Morgan fingerprint density at radius 1 is 0.610 bits per heavy atom. The maximum atomic E-state index is 5.27. The molecule has 0 spiro atoms. The smallest absolute Gasteiger partial charge is 0.225 e. The third kappa shape index (κ3) is 7.16. The summed E-state index contributed by atoms with van der Waals surface area (Å²) in [6.07, 6.45) is 20.9. The van der Waals surface area contributed by atoms with Crippen LogP contribution in [-0.2, 0) is 0 Å². The van der Waals surface area contributed by atoms with Gasteiger partial charge in [-0.05, 0) is 70.4 Å². The Labute approximate surface area is 346 Å². The number of unbranched alkanes of at least 4 members (excludes halogenated alkanes) is 1. The molecule has 6 aromatic rings. The summed E-state index contributed by atoms with van der Waals surface area (Å²) in [5, 5.41) is 25.6. The van der Waals surface area contributed by atoms with Gasteiger partial charge >= 0.3 is 0 Å². The van der Waals surface area contributed by atoms with E-state index in [-0.39, 0.29) is 24.2 Å². The monoisotopic (exact) mass is 790 g/mol. The highest BCUT2D eigenvalue weighted by atomic mass is 15.4. The molecule has 2 saturated carbocycles. The Bertz CT molecular complexity index is 2360. The maximum Gasteiger partial charge on any atom is 0.225 e. The van der Waals surface area contributed by atoms with E-state index in [9.17, 15) is 0 Å². The summed E-state index contributed by atoms with van der Waals surface area (Å²) in [4.78, 5) is 25.3. The molecule has 6 heterocycles. The lowest BCUT2D eigenvalue weighted by Gasteiger charge is -2.42. The van der Waals surface area contributed by atoms with Gasteiger partial charge in [0.1, 0.15) is 24.0 Å². The molecule has 14 nitrogen and oxygen atoms in total. The Morgan fingerprint density at radius 3 is 1.54 bits per heavy atom. The van der Waals surface area contributed by atoms with Crippen molar-refractivity contribution in [3.8, 4) is 11.4 Å². The summed E-state index contributed by atoms with van der Waals surface area (Å²) in [5.41, 5.74) is 5.55. The first-order valence-corrected chi connectivity index (χ1v) is 21.8. The van der Waals surface area contributed by atoms with E-state index in [4.69, 9.17) is 30.1 Å². The summed E-state index contributed by atoms with van der Waals surface area (Å²) in [7, 11) is 0. The Balaban J connectivity index is 0.904. The van der Waals surface area contributed by atoms with Gasteiger partial charge in [0.25, 0.3) is 0 Å². The molecule has 2 aromatic carbocycles. The molecule has 2 N–H and O–H groups in total. The van der Waals surface area contributed by atoms with Crippen molar-refractivity contribution in [3.05, 3.63) is 108 Å². The second kappa shape index (κ2) is 16.0. The van der Waals surface area contributed by atoms with Gasteiger partial charge in [-0.3, -0.25) is 9.13 Å². The minimum atomic E-state index is 0.0556. The highest BCUT2D eigenvalue weighted by Gasteiger charge is 2.41. The minimum Gasteiger partial charge on any atom is -0.348 e. The van der Waals surface area contributed by atoms with Crippen LogP contribution in [0.15, 0.2) is 79.6 Å². The number of fused-ring (bicyclic) bond motifs is 6. The number of hydrogen-bond acceptors (Lipinski definition) is 12. The molecule has 4 unspecified atom stereocenters. The molecule has 0 bridgehead atoms. The number of nitrogens with one attached hydrogen (secondary N) is 2. The number of aryl methyl sites for hydroxylation is 1. The van der Waals surface area contributed by atoms with Crippen molar-refractivity contribution in [3.63, 3.8) is 0 Å². The number of aromatic nitrogens is 10. The molecular formula is C45H54N14. The molecule has 0 saturated heterocycles. The highest BCUT2D eigenvalue weighted by molar-refractivity contribution is 5.65. The first-order chi connectivity index (χ1) is 29.0. The fourth-order valence-electron chi connectivity index (χ4n) is 10.0. The van der Waals surface area contributed by atoms with E-state index >= 15 is 0 Å². The summed E-state index contributed by atoms with van der Waals surface area (Å²) in [5.74, 6) is 5.17. The molecule has 59 heavy (non-hydrogen) atoms. The molecule has 304 valence electrons. The largest absolute Gasteiger partial charge is 0.348 e. The predicted octanol–water partition coefficient (Wildman–Crippen LogP) is 8.95. The molecule has 4 aromatic heterocycles. The van der Waals surface area contributed by atoms with Gasteiger partial charge in [-0.25, -0.2) is 9.97 Å². The summed E-state index contributed by atoms with van der Waals surface area (Å²) < 4.78 is 4.23. The minimum absolute atomic E-state index is 0.0556. The van der Waals surface area contributed by atoms with Crippen molar-refractivity contribution in [2.24, 2.45) is 0 Å². The van der Waals surface area contributed by atoms with E-state index in [1.54, 1.807) is 0 Å². The zero-order valence-electron chi connectivity index (χ0n) is 34.3. The molecule has 4 aliphatic rings. The van der Waals surface area contributed by atoms with E-state index in [0.29, 0.717) is 24.0 Å². The van der Waals surface area contributed by atoms with Crippen LogP contribution < -0.4 is 20.4 Å². The second-order valence-corrected chi connectivity index (χ2v) is 17.0. The topological polar surface area (TPSA) is 144 Å². The Hall–Kier alpha value is -5.92. The van der Waals surface area contributed by atoms with Crippen LogP contribution in [0.1, 0.15) is 143 Å². The molecule has 14 heteroatoms. The zero-order chi connectivity index (χ0) is 39.9. The number of nitrogens with zero attached hydrogens (tertiary/aromatic N) is 12. The van der Waals surface area contributed by atoms with Gasteiger partial charge in [-0.1, -0.05) is 98.7 Å². The van der Waals surface area contributed by atoms with Gasteiger partial charge in [-0.2, -0.15) is 9.97 Å². The van der Waals surface area contributed by atoms with E-state index < -0.39 is 0 Å². The average Bonchev–Trinajstić information content (AvgIpc) is 4.11. The van der Waals surface area contributed by atoms with Crippen LogP contribution in [0.4, 0.5) is 23.5 Å². The number of rotatable bonds is 13. The molecular weight excluding hydrogens is 737 g/mol. The van der Waals surface area contributed by atoms with Gasteiger partial charge in [0.2, 0.25) is 11.9 Å². The summed E-state index contributed by atoms with van der Waals surface area (Å²) in [6, 6.07) is 20.1. The molecule has 0 radical (unpaired) electrons. The lowest BCUT2D eigenvalue weighted by molar-refractivity contribution is 0.412. The van der Waals surface area contributed by atoms with Crippen LogP contribution in [0, 0.1) is 6.92 Å². The Kier molecular flexibility index (Phi) is 10.1. The standard InChI is InChI=1S/C45H54N14/c1-29-21-23-33(24-22-29)31(3)51-45-47-26-39-41(53-45)59(35-17-9-10-18-35)37(43-55-49-28-57(39)43)20-12-11-19-36-42-54-48-27-56(42)38-25-46-44(50-30(2)32-13-5-4-6-14-32)52-40(38)58(36)34-15-7-8-16-34/h4-6,13-14,21-28,30-31,34-37H,7-12,15-20H2,1-3H3,(H,46,50,52)(H,47,51,53). The van der Waals surface area contributed by atoms with Gasteiger partial charge in [0.15, 0.2) is 23.3 Å². The molecule has 4 atom stereocenters. The van der Waals surface area contributed by atoms with Crippen molar-refractivity contribution < 1.29 is 0 Å². The Morgan fingerprint density at radius 2 is 1.07 bits per heavy atom. The number of hydrogen-bond donors (Lipinski definition) is 2. The molecule has 2 aliphatic heterocycles. The lowest BCUT2D eigenvalue weighted by atomic mass is 9.97. The van der Waals surface area contributed by atoms with Gasteiger partial charge in [0.05, 0.1) is 36.6 Å². The summed E-state index contributed by atoms with van der Waals surface area (Å²) in [6.45, 7) is 6.44. The first kappa shape index (κ1) is 37.4. The normalized spacial score (nSPS) is 19.8. The molecule has 2 fully saturated rings. The quantitative estimate of drug-likeness (QED) is 0.108. The zero-order valence-corrected chi connectivity index (χ0v) is 34.3. The van der Waals surface area contributed by atoms with Crippen molar-refractivity contribution >= 4 is 23.5 Å². The molecule has 0 amide bonds. The maximum absolute atomic E-state index is 5.27. The summed E-state index contributed by atoms with van der Waals surface area (Å²) >= 11 is 0. The van der Waals surface area contributed by atoms with Crippen LogP contribution in [0.25, 0.3) is 11.4 Å². The first-order valence-electron chi connectivity index (χ1n) is 21.8. The van der Waals surface area contributed by atoms with Crippen molar-refractivity contribution in [2.75, 3.05) is 20.4 Å².